The van der Waals surface area contributed by atoms with E-state index in [-0.39, 0.29) is 50.2 Å². The lowest BCUT2D eigenvalue weighted by molar-refractivity contribution is 1.67. The zero-order valence-electron chi connectivity index (χ0n) is 14.8. The van der Waals surface area contributed by atoms with Crippen LogP contribution in [0.2, 0.25) is 76.4 Å². The first kappa shape index (κ1) is 26.0. The Labute approximate surface area is 216 Å². The summed E-state index contributed by atoms with van der Waals surface area (Å²) in [4.78, 5) is 0. The Morgan fingerprint density at radius 3 is 0.643 bits per heavy atom. The normalized spacial score (nSPS) is 12.6. The van der Waals surface area contributed by atoms with Gasteiger partial charge in [0.05, 0.1) is 65.4 Å². The minimum Gasteiger partial charge on any atom is -0.0827 e. The third-order valence-corrected chi connectivity index (χ3v) is 27.9. The van der Waals surface area contributed by atoms with Gasteiger partial charge in [0.15, 0.2) is 0 Å². The average molecular weight is 615 g/mol. The summed E-state index contributed by atoms with van der Waals surface area (Å²) >= 11 is 63.9. The van der Waals surface area contributed by atoms with Gasteiger partial charge in [0.2, 0.25) is 0 Å². The molecule has 2 aromatic carbocycles. The molecule has 0 fully saturated rings. The fourth-order valence-corrected chi connectivity index (χ4v) is 18.5. The van der Waals surface area contributed by atoms with Crippen LogP contribution in [0.25, 0.3) is 0 Å². The Morgan fingerprint density at radius 1 is 0.321 bits per heavy atom. The van der Waals surface area contributed by atoms with E-state index in [0.717, 1.165) is 0 Å². The Balaban J connectivity index is 2.92. The molecule has 0 N–H and O–H groups in total. The number of hydrogen-bond donors (Lipinski definition) is 0. The van der Waals surface area contributed by atoms with E-state index in [2.05, 4.69) is 26.2 Å². The summed E-state index contributed by atoms with van der Waals surface area (Å²) < 4.78 is 0. The van der Waals surface area contributed by atoms with Crippen molar-refractivity contribution in [2.45, 2.75) is 26.2 Å². The lowest BCUT2D eigenvalue weighted by atomic mass is 10.3. The first-order chi connectivity index (χ1) is 12.6. The van der Waals surface area contributed by atoms with Gasteiger partial charge in [-0.15, -0.1) is 0 Å². The molecule has 28 heavy (non-hydrogen) atoms. The molecule has 0 saturated carbocycles. The molecule has 12 heteroatoms. The molecule has 0 heterocycles. The SMILES string of the molecule is C[Si](C)(c1c(Cl)c(Cl)c(Cl)c(Cl)c1Cl)[Si](C)(C)c1c(Cl)c(Cl)c(Cl)c(Cl)c1Cl. The monoisotopic (exact) mass is 610 g/mol. The van der Waals surface area contributed by atoms with E-state index < -0.39 is 15.2 Å². The Morgan fingerprint density at radius 2 is 0.464 bits per heavy atom. The van der Waals surface area contributed by atoms with Crippen molar-refractivity contribution >= 4 is 142 Å². The largest absolute Gasteiger partial charge is 0.0833 e. The van der Waals surface area contributed by atoms with Gasteiger partial charge in [-0.2, -0.15) is 0 Å². The topological polar surface area (TPSA) is 0 Å². The van der Waals surface area contributed by atoms with Crippen molar-refractivity contribution in [1.29, 1.82) is 0 Å². The molecule has 154 valence electrons. The minimum absolute atomic E-state index is 0.111. The van der Waals surface area contributed by atoms with Crippen LogP contribution in [-0.4, -0.2) is 15.2 Å². The van der Waals surface area contributed by atoms with Crippen LogP contribution in [0.5, 0.6) is 0 Å². The van der Waals surface area contributed by atoms with E-state index in [0.29, 0.717) is 10.4 Å². The van der Waals surface area contributed by atoms with Gasteiger partial charge in [-0.3, -0.25) is 0 Å². The van der Waals surface area contributed by atoms with E-state index in [1.165, 1.54) is 0 Å². The zero-order valence-corrected chi connectivity index (χ0v) is 24.3. The van der Waals surface area contributed by atoms with E-state index >= 15 is 0 Å². The van der Waals surface area contributed by atoms with Crippen LogP contribution >= 0.6 is 116 Å². The molecule has 0 spiro atoms. The Bertz CT molecular complexity index is 847. The molecule has 2 aromatic rings. The molecule has 0 aliphatic rings. The van der Waals surface area contributed by atoms with E-state index in [1.807, 2.05) is 0 Å². The summed E-state index contributed by atoms with van der Waals surface area (Å²) in [5, 5.41) is 3.30. The molecule has 0 unspecified atom stereocenters. The number of halogens is 10. The van der Waals surface area contributed by atoms with Crippen LogP contribution in [0.1, 0.15) is 0 Å². The summed E-state index contributed by atoms with van der Waals surface area (Å²) in [7, 11) is -5.06. The predicted molar refractivity (Wildman–Crippen MR) is 137 cm³/mol. The second-order valence-electron chi connectivity index (χ2n) is 7.14. The van der Waals surface area contributed by atoms with Gasteiger partial charge in [0.25, 0.3) is 0 Å². The molecule has 0 nitrogen and oxygen atoms in total. The maximum Gasteiger partial charge on any atom is 0.0833 e. The van der Waals surface area contributed by atoms with E-state index in [4.69, 9.17) is 116 Å². The first-order valence-corrected chi connectivity index (χ1v) is 18.4. The Hall–Kier alpha value is 1.77. The van der Waals surface area contributed by atoms with Crippen molar-refractivity contribution in [3.05, 3.63) is 50.2 Å². The van der Waals surface area contributed by atoms with Crippen LogP contribution in [0, 0.1) is 0 Å². The highest BCUT2D eigenvalue weighted by atomic mass is 35.5. The number of hydrogen-bond acceptors (Lipinski definition) is 0. The van der Waals surface area contributed by atoms with Crippen molar-refractivity contribution in [2.24, 2.45) is 0 Å². The van der Waals surface area contributed by atoms with Gasteiger partial charge in [-0.1, -0.05) is 142 Å². The molecule has 0 bridgehead atoms. The third kappa shape index (κ3) is 3.97. The smallest absolute Gasteiger partial charge is 0.0827 e. The van der Waals surface area contributed by atoms with Crippen molar-refractivity contribution < 1.29 is 0 Å². The molecule has 0 saturated heterocycles. The maximum atomic E-state index is 6.58. The second-order valence-corrected chi connectivity index (χ2v) is 25.9. The van der Waals surface area contributed by atoms with Crippen molar-refractivity contribution in [2.75, 3.05) is 0 Å². The maximum absolute atomic E-state index is 6.58. The van der Waals surface area contributed by atoms with Crippen molar-refractivity contribution in [3.8, 4) is 0 Å². The van der Waals surface area contributed by atoms with Crippen molar-refractivity contribution in [1.82, 2.24) is 0 Å². The quantitative estimate of drug-likeness (QED) is 0.183. The average Bonchev–Trinajstić information content (AvgIpc) is 2.61. The molecular weight excluding hydrogens is 603 g/mol. The molecule has 2 rings (SSSR count). The van der Waals surface area contributed by atoms with Gasteiger partial charge in [-0.05, 0) is 10.4 Å². The second kappa shape index (κ2) is 8.96. The number of rotatable bonds is 3. The van der Waals surface area contributed by atoms with Crippen LogP contribution in [0.15, 0.2) is 0 Å². The van der Waals surface area contributed by atoms with Crippen molar-refractivity contribution in [3.63, 3.8) is 0 Å². The minimum atomic E-state index is -2.53. The summed E-state index contributed by atoms with van der Waals surface area (Å²) in [6, 6.07) is 0. The van der Waals surface area contributed by atoms with Crippen LogP contribution in [-0.2, 0) is 0 Å². The fourth-order valence-electron chi connectivity index (χ4n) is 2.93. The molecule has 0 aliphatic heterocycles. The summed E-state index contributed by atoms with van der Waals surface area (Å²) in [5.74, 6) is 0. The summed E-state index contributed by atoms with van der Waals surface area (Å²) in [5.41, 5.74) is 0. The highest BCUT2D eigenvalue weighted by molar-refractivity contribution is 7.50. The molecule has 0 radical (unpaired) electrons. The van der Waals surface area contributed by atoms with Gasteiger partial charge in [0, 0.05) is 0 Å². The van der Waals surface area contributed by atoms with E-state index in [1.54, 1.807) is 0 Å². The van der Waals surface area contributed by atoms with Crippen LogP contribution in [0.3, 0.4) is 0 Å². The van der Waals surface area contributed by atoms with Crippen LogP contribution in [0.4, 0.5) is 0 Å². The Kier molecular flexibility index (Phi) is 8.33. The fraction of sp³-hybridized carbons (Fsp3) is 0.250. The first-order valence-electron chi connectivity index (χ1n) is 7.64. The number of benzene rings is 2. The van der Waals surface area contributed by atoms with Gasteiger partial charge >= 0.3 is 0 Å². The lowest BCUT2D eigenvalue weighted by Gasteiger charge is -2.41. The highest BCUT2D eigenvalue weighted by Gasteiger charge is 2.49. The van der Waals surface area contributed by atoms with Crippen LogP contribution < -0.4 is 10.4 Å². The molecular formula is C16H12Cl10Si2. The standard InChI is InChI=1S/C16H12Cl10Si2/c1-27(2,15-11(23)7(19)5(17)8(20)12(15)24)28(3,4)16-13(25)9(21)6(18)10(22)14(16)26/h1-4H3. The molecule has 0 aliphatic carbocycles. The molecule has 0 amide bonds. The molecule has 0 atom stereocenters. The lowest BCUT2D eigenvalue weighted by Crippen LogP contribution is -2.70. The molecule has 0 aromatic heterocycles. The van der Waals surface area contributed by atoms with Gasteiger partial charge in [-0.25, -0.2) is 0 Å². The van der Waals surface area contributed by atoms with Gasteiger partial charge in [0.1, 0.15) is 0 Å². The third-order valence-electron chi connectivity index (χ3n) is 5.23. The summed E-state index contributed by atoms with van der Waals surface area (Å²) in [6.45, 7) is 8.37. The van der Waals surface area contributed by atoms with Gasteiger partial charge < -0.3 is 0 Å². The predicted octanol–water partition coefficient (Wildman–Crippen LogP) is 9.83. The summed E-state index contributed by atoms with van der Waals surface area (Å²) in [6.07, 6.45) is 0. The van der Waals surface area contributed by atoms with E-state index in [9.17, 15) is 0 Å². The highest BCUT2D eigenvalue weighted by Crippen LogP contribution is 2.44. The zero-order chi connectivity index (χ0) is 21.9.